The lowest BCUT2D eigenvalue weighted by Crippen LogP contribution is -2.48. The SMILES string of the molecule is CC(NCC(N)C(N)=O)C1CCCO1. The Morgan fingerprint density at radius 1 is 1.71 bits per heavy atom. The van der Waals surface area contributed by atoms with E-state index in [1.165, 1.54) is 0 Å². The van der Waals surface area contributed by atoms with Crippen molar-refractivity contribution >= 4 is 5.91 Å². The van der Waals surface area contributed by atoms with E-state index in [9.17, 15) is 4.79 Å². The van der Waals surface area contributed by atoms with E-state index in [4.69, 9.17) is 16.2 Å². The Bertz CT molecular complexity index is 192. The van der Waals surface area contributed by atoms with Crippen molar-refractivity contribution in [1.29, 1.82) is 0 Å². The first kappa shape index (κ1) is 11.4. The first-order chi connectivity index (χ1) is 6.61. The molecule has 3 unspecified atom stereocenters. The van der Waals surface area contributed by atoms with Crippen LogP contribution in [0.1, 0.15) is 19.8 Å². The molecule has 1 saturated heterocycles. The fraction of sp³-hybridized carbons (Fsp3) is 0.889. The Morgan fingerprint density at radius 3 is 2.93 bits per heavy atom. The number of hydrogen-bond donors (Lipinski definition) is 3. The van der Waals surface area contributed by atoms with E-state index in [1.54, 1.807) is 0 Å². The number of primary amides is 1. The summed E-state index contributed by atoms with van der Waals surface area (Å²) in [6, 6.07) is -0.387. The van der Waals surface area contributed by atoms with Crippen LogP contribution in [0.25, 0.3) is 0 Å². The highest BCUT2D eigenvalue weighted by molar-refractivity contribution is 5.79. The maximum atomic E-state index is 10.7. The summed E-state index contributed by atoms with van der Waals surface area (Å²) in [5.41, 5.74) is 10.5. The van der Waals surface area contributed by atoms with Crippen molar-refractivity contribution in [2.75, 3.05) is 13.2 Å². The summed E-state index contributed by atoms with van der Waals surface area (Å²) in [6.07, 6.45) is 2.42. The van der Waals surface area contributed by atoms with Gasteiger partial charge in [0.2, 0.25) is 5.91 Å². The maximum absolute atomic E-state index is 10.7. The van der Waals surface area contributed by atoms with Crippen molar-refractivity contribution in [2.24, 2.45) is 11.5 Å². The molecule has 1 aliphatic rings. The molecule has 3 atom stereocenters. The number of carbonyl (C=O) groups excluding carboxylic acids is 1. The fourth-order valence-electron chi connectivity index (χ4n) is 1.54. The topological polar surface area (TPSA) is 90.4 Å². The highest BCUT2D eigenvalue weighted by atomic mass is 16.5. The summed E-state index contributed by atoms with van der Waals surface area (Å²) in [4.78, 5) is 10.7. The maximum Gasteiger partial charge on any atom is 0.235 e. The second kappa shape index (κ2) is 5.29. The Balaban J connectivity index is 2.19. The molecule has 82 valence electrons. The van der Waals surface area contributed by atoms with Gasteiger partial charge in [-0.2, -0.15) is 0 Å². The van der Waals surface area contributed by atoms with Crippen LogP contribution in [-0.4, -0.2) is 37.2 Å². The van der Waals surface area contributed by atoms with Crippen molar-refractivity contribution < 1.29 is 9.53 Å². The number of ether oxygens (including phenoxy) is 1. The minimum atomic E-state index is -0.612. The number of rotatable bonds is 5. The Labute approximate surface area is 84.2 Å². The van der Waals surface area contributed by atoms with Crippen LogP contribution >= 0.6 is 0 Å². The zero-order valence-corrected chi connectivity index (χ0v) is 8.53. The molecule has 1 aliphatic heterocycles. The zero-order chi connectivity index (χ0) is 10.6. The predicted octanol–water partition coefficient (Wildman–Crippen LogP) is -1.04. The third kappa shape index (κ3) is 3.25. The number of hydrogen-bond acceptors (Lipinski definition) is 4. The summed E-state index contributed by atoms with van der Waals surface area (Å²) >= 11 is 0. The largest absolute Gasteiger partial charge is 0.377 e. The first-order valence-corrected chi connectivity index (χ1v) is 5.01. The fourth-order valence-corrected chi connectivity index (χ4v) is 1.54. The van der Waals surface area contributed by atoms with E-state index < -0.39 is 11.9 Å². The molecule has 1 rings (SSSR count). The van der Waals surface area contributed by atoms with Gasteiger partial charge in [0.1, 0.15) is 0 Å². The van der Waals surface area contributed by atoms with E-state index in [2.05, 4.69) is 5.32 Å². The van der Waals surface area contributed by atoms with Crippen LogP contribution in [0, 0.1) is 0 Å². The van der Waals surface area contributed by atoms with Crippen LogP contribution in [0.4, 0.5) is 0 Å². The van der Waals surface area contributed by atoms with E-state index in [0.29, 0.717) is 6.54 Å². The minimum absolute atomic E-state index is 0.225. The smallest absolute Gasteiger partial charge is 0.235 e. The van der Waals surface area contributed by atoms with Crippen LogP contribution < -0.4 is 16.8 Å². The highest BCUT2D eigenvalue weighted by Crippen LogP contribution is 2.15. The quantitative estimate of drug-likeness (QED) is 0.529. The van der Waals surface area contributed by atoms with Crippen molar-refractivity contribution in [3.05, 3.63) is 0 Å². The molecular formula is C9H19N3O2. The summed E-state index contributed by atoms with van der Waals surface area (Å²) in [5, 5.41) is 3.15. The molecule has 1 heterocycles. The number of nitrogens with two attached hydrogens (primary N) is 2. The molecule has 14 heavy (non-hydrogen) atoms. The van der Waals surface area contributed by atoms with Gasteiger partial charge in [-0.3, -0.25) is 4.79 Å². The zero-order valence-electron chi connectivity index (χ0n) is 8.53. The summed E-state index contributed by atoms with van der Waals surface area (Å²) in [5.74, 6) is -0.475. The van der Waals surface area contributed by atoms with E-state index in [0.717, 1.165) is 19.4 Å². The van der Waals surface area contributed by atoms with Gasteiger partial charge in [0, 0.05) is 19.2 Å². The molecule has 0 aromatic carbocycles. The van der Waals surface area contributed by atoms with Gasteiger partial charge in [-0.25, -0.2) is 0 Å². The Hall–Kier alpha value is -0.650. The molecule has 0 saturated carbocycles. The molecule has 0 aliphatic carbocycles. The van der Waals surface area contributed by atoms with Gasteiger partial charge in [-0.05, 0) is 19.8 Å². The monoisotopic (exact) mass is 201 g/mol. The number of amides is 1. The van der Waals surface area contributed by atoms with Crippen molar-refractivity contribution in [3.63, 3.8) is 0 Å². The molecule has 0 aromatic rings. The molecule has 0 aromatic heterocycles. The van der Waals surface area contributed by atoms with Crippen LogP contribution in [0.5, 0.6) is 0 Å². The summed E-state index contributed by atoms with van der Waals surface area (Å²) < 4.78 is 5.49. The van der Waals surface area contributed by atoms with Gasteiger partial charge in [0.25, 0.3) is 0 Å². The van der Waals surface area contributed by atoms with Gasteiger partial charge in [0.15, 0.2) is 0 Å². The average molecular weight is 201 g/mol. The van der Waals surface area contributed by atoms with Crippen LogP contribution in [0.15, 0.2) is 0 Å². The number of nitrogens with one attached hydrogen (secondary N) is 1. The average Bonchev–Trinajstić information content (AvgIpc) is 2.66. The normalized spacial score (nSPS) is 26.0. The van der Waals surface area contributed by atoms with Gasteiger partial charge < -0.3 is 21.5 Å². The molecule has 5 heteroatoms. The summed E-state index contributed by atoms with van der Waals surface area (Å²) in [7, 11) is 0. The standard InChI is InChI=1S/C9H19N3O2/c1-6(8-3-2-4-14-8)12-5-7(10)9(11)13/h6-8,12H,2-5,10H2,1H3,(H2,11,13). The van der Waals surface area contributed by atoms with Gasteiger partial charge in [-0.1, -0.05) is 0 Å². The van der Waals surface area contributed by atoms with E-state index in [1.807, 2.05) is 6.92 Å². The van der Waals surface area contributed by atoms with E-state index >= 15 is 0 Å². The lowest BCUT2D eigenvalue weighted by Gasteiger charge is -2.21. The molecule has 5 nitrogen and oxygen atoms in total. The third-order valence-electron chi connectivity index (χ3n) is 2.55. The molecule has 0 bridgehead atoms. The van der Waals surface area contributed by atoms with Crippen LogP contribution in [0.3, 0.4) is 0 Å². The van der Waals surface area contributed by atoms with Crippen molar-refractivity contribution in [1.82, 2.24) is 5.32 Å². The lowest BCUT2D eigenvalue weighted by atomic mass is 10.1. The molecular weight excluding hydrogens is 182 g/mol. The summed E-state index contributed by atoms with van der Waals surface area (Å²) in [6.45, 7) is 3.28. The Kier molecular flexibility index (Phi) is 4.31. The molecule has 0 radical (unpaired) electrons. The van der Waals surface area contributed by atoms with Gasteiger partial charge in [-0.15, -0.1) is 0 Å². The van der Waals surface area contributed by atoms with Crippen molar-refractivity contribution in [2.45, 2.75) is 38.0 Å². The first-order valence-electron chi connectivity index (χ1n) is 5.01. The Morgan fingerprint density at radius 2 is 2.43 bits per heavy atom. The highest BCUT2D eigenvalue weighted by Gasteiger charge is 2.22. The lowest BCUT2D eigenvalue weighted by molar-refractivity contribution is -0.119. The third-order valence-corrected chi connectivity index (χ3v) is 2.55. The second-order valence-electron chi connectivity index (χ2n) is 3.76. The van der Waals surface area contributed by atoms with Crippen LogP contribution in [0.2, 0.25) is 0 Å². The second-order valence-corrected chi connectivity index (χ2v) is 3.76. The molecule has 0 spiro atoms. The molecule has 1 fully saturated rings. The molecule has 1 amide bonds. The van der Waals surface area contributed by atoms with E-state index in [-0.39, 0.29) is 12.1 Å². The van der Waals surface area contributed by atoms with Crippen LogP contribution in [-0.2, 0) is 9.53 Å². The minimum Gasteiger partial charge on any atom is -0.377 e. The van der Waals surface area contributed by atoms with Gasteiger partial charge in [0.05, 0.1) is 12.1 Å². The predicted molar refractivity (Wildman–Crippen MR) is 53.6 cm³/mol. The number of carbonyl (C=O) groups is 1. The molecule has 5 N–H and O–H groups in total. The van der Waals surface area contributed by atoms with Crippen molar-refractivity contribution in [3.8, 4) is 0 Å². The van der Waals surface area contributed by atoms with Gasteiger partial charge >= 0.3 is 0 Å².